The fraction of sp³-hybridized carbons (Fsp3) is 0.316. The molecule has 0 radical (unpaired) electrons. The van der Waals surface area contributed by atoms with Gasteiger partial charge in [0.2, 0.25) is 15.9 Å². The minimum absolute atomic E-state index is 0.0103. The van der Waals surface area contributed by atoms with Crippen LogP contribution in [-0.2, 0) is 21.2 Å². The van der Waals surface area contributed by atoms with Crippen molar-refractivity contribution in [1.29, 1.82) is 0 Å². The maximum Gasteiger partial charge on any atom is 0.242 e. The molecule has 3 aromatic rings. The van der Waals surface area contributed by atoms with Gasteiger partial charge in [0, 0.05) is 13.0 Å². The molecule has 146 valence electrons. The summed E-state index contributed by atoms with van der Waals surface area (Å²) in [6, 6.07) is 13.0. The summed E-state index contributed by atoms with van der Waals surface area (Å²) in [4.78, 5) is 12.4. The van der Waals surface area contributed by atoms with E-state index in [4.69, 9.17) is 0 Å². The number of nitrogens with zero attached hydrogens (tertiary/aromatic N) is 2. The number of amides is 1. The van der Waals surface area contributed by atoms with Crippen molar-refractivity contribution in [3.63, 3.8) is 0 Å². The molecule has 0 aliphatic heterocycles. The van der Waals surface area contributed by atoms with Gasteiger partial charge in [-0.1, -0.05) is 30.3 Å². The number of nitrogens with one attached hydrogen (secondary N) is 2. The monoisotopic (exact) mass is 416 g/mol. The molecule has 28 heavy (non-hydrogen) atoms. The second-order valence-electron chi connectivity index (χ2n) is 6.75. The summed E-state index contributed by atoms with van der Waals surface area (Å²) in [5, 5.41) is 3.03. The lowest BCUT2D eigenvalue weighted by Gasteiger charge is -2.26. The van der Waals surface area contributed by atoms with Crippen LogP contribution in [0.3, 0.4) is 0 Å². The molecule has 0 bridgehead atoms. The molecule has 2 N–H and O–H groups in total. The molecular formula is C19H20N4O3S2. The zero-order valence-electron chi connectivity index (χ0n) is 15.1. The van der Waals surface area contributed by atoms with E-state index in [0.29, 0.717) is 11.0 Å². The predicted octanol–water partition coefficient (Wildman–Crippen LogP) is 2.55. The van der Waals surface area contributed by atoms with Crippen molar-refractivity contribution in [3.05, 3.63) is 53.6 Å². The SMILES string of the molecule is O=C(CCNS(=O)(=O)c1cccc2nsnc12)N[C@H]1CCCc2ccccc21. The third kappa shape index (κ3) is 3.91. The first kappa shape index (κ1) is 19.0. The lowest BCUT2D eigenvalue weighted by molar-refractivity contribution is -0.121. The first-order valence-electron chi connectivity index (χ1n) is 9.13. The summed E-state index contributed by atoms with van der Waals surface area (Å²) in [7, 11) is -3.76. The van der Waals surface area contributed by atoms with Crippen LogP contribution >= 0.6 is 11.7 Å². The molecule has 1 heterocycles. The fourth-order valence-corrected chi connectivity index (χ4v) is 5.34. The van der Waals surface area contributed by atoms with Gasteiger partial charge in [-0.3, -0.25) is 4.79 Å². The maximum atomic E-state index is 12.6. The van der Waals surface area contributed by atoms with Crippen LogP contribution in [0.2, 0.25) is 0 Å². The van der Waals surface area contributed by atoms with Crippen molar-refractivity contribution in [2.45, 2.75) is 36.6 Å². The van der Waals surface area contributed by atoms with E-state index in [-0.39, 0.29) is 29.8 Å². The van der Waals surface area contributed by atoms with Crippen LogP contribution in [0.5, 0.6) is 0 Å². The van der Waals surface area contributed by atoms with E-state index < -0.39 is 10.0 Å². The van der Waals surface area contributed by atoms with Crippen LogP contribution in [-0.4, -0.2) is 29.6 Å². The van der Waals surface area contributed by atoms with Gasteiger partial charge in [0.15, 0.2) is 0 Å². The third-order valence-corrected chi connectivity index (χ3v) is 6.92. The Hall–Kier alpha value is -2.36. The molecule has 0 saturated carbocycles. The molecule has 0 unspecified atom stereocenters. The molecule has 4 rings (SSSR count). The first-order valence-corrected chi connectivity index (χ1v) is 11.3. The molecule has 1 amide bonds. The Bertz CT molecular complexity index is 1110. The number of carbonyl (C=O) groups is 1. The third-order valence-electron chi connectivity index (χ3n) is 4.89. The van der Waals surface area contributed by atoms with Gasteiger partial charge in [-0.15, -0.1) is 0 Å². The van der Waals surface area contributed by atoms with Gasteiger partial charge in [-0.2, -0.15) is 8.75 Å². The van der Waals surface area contributed by atoms with E-state index in [2.05, 4.69) is 24.9 Å². The van der Waals surface area contributed by atoms with Crippen molar-refractivity contribution < 1.29 is 13.2 Å². The van der Waals surface area contributed by atoms with Crippen molar-refractivity contribution in [1.82, 2.24) is 18.8 Å². The van der Waals surface area contributed by atoms with E-state index in [1.165, 1.54) is 11.6 Å². The largest absolute Gasteiger partial charge is 0.349 e. The first-order chi connectivity index (χ1) is 13.5. The number of sulfonamides is 1. The van der Waals surface area contributed by atoms with Crippen LogP contribution in [0, 0.1) is 0 Å². The highest BCUT2D eigenvalue weighted by Gasteiger charge is 2.22. The summed E-state index contributed by atoms with van der Waals surface area (Å²) >= 11 is 0.969. The molecular weight excluding hydrogens is 396 g/mol. The van der Waals surface area contributed by atoms with E-state index in [0.717, 1.165) is 36.6 Å². The zero-order valence-corrected chi connectivity index (χ0v) is 16.7. The molecule has 9 heteroatoms. The number of aryl methyl sites for hydroxylation is 1. The summed E-state index contributed by atoms with van der Waals surface area (Å²) in [5.74, 6) is -0.169. The van der Waals surface area contributed by atoms with Crippen LogP contribution in [0.15, 0.2) is 47.4 Å². The summed E-state index contributed by atoms with van der Waals surface area (Å²) in [6.45, 7) is 0.0243. The van der Waals surface area contributed by atoms with E-state index in [1.807, 2.05) is 18.2 Å². The normalized spacial score (nSPS) is 16.6. The Morgan fingerprint density at radius 2 is 2.00 bits per heavy atom. The Labute approximate surface area is 167 Å². The Balaban J connectivity index is 1.36. The number of aromatic nitrogens is 2. The lowest BCUT2D eigenvalue weighted by atomic mass is 9.88. The minimum atomic E-state index is -3.76. The molecule has 1 aliphatic rings. The van der Waals surface area contributed by atoms with Gasteiger partial charge in [0.25, 0.3) is 0 Å². The van der Waals surface area contributed by atoms with Gasteiger partial charge in [-0.05, 0) is 42.5 Å². The van der Waals surface area contributed by atoms with Gasteiger partial charge >= 0.3 is 0 Å². The maximum absolute atomic E-state index is 12.6. The average molecular weight is 417 g/mol. The number of benzene rings is 2. The number of fused-ring (bicyclic) bond motifs is 2. The van der Waals surface area contributed by atoms with Crippen molar-refractivity contribution in [2.75, 3.05) is 6.54 Å². The van der Waals surface area contributed by atoms with Crippen LogP contribution in [0.4, 0.5) is 0 Å². The Kier molecular flexibility index (Phi) is 5.38. The molecule has 1 atom stereocenters. The minimum Gasteiger partial charge on any atom is -0.349 e. The summed E-state index contributed by atoms with van der Waals surface area (Å²) in [5.41, 5.74) is 3.32. The smallest absolute Gasteiger partial charge is 0.242 e. The van der Waals surface area contributed by atoms with E-state index >= 15 is 0 Å². The molecule has 0 saturated heterocycles. The van der Waals surface area contributed by atoms with Crippen LogP contribution in [0.1, 0.15) is 36.4 Å². The highest BCUT2D eigenvalue weighted by Crippen LogP contribution is 2.29. The molecule has 1 aromatic heterocycles. The number of hydrogen-bond acceptors (Lipinski definition) is 6. The standard InChI is InChI=1S/C19H20N4O3S2/c24-18(21-15-8-3-6-13-5-1-2-7-14(13)15)11-12-20-28(25,26)17-10-4-9-16-19(17)23-27-22-16/h1-2,4-5,7,9-10,15,20H,3,6,8,11-12H2,(H,21,24)/t15-/m0/s1. The molecule has 0 spiro atoms. The number of carbonyl (C=O) groups excluding carboxylic acids is 1. The Morgan fingerprint density at radius 1 is 1.14 bits per heavy atom. The van der Waals surface area contributed by atoms with Crippen LogP contribution < -0.4 is 10.0 Å². The average Bonchev–Trinajstić information content (AvgIpc) is 3.17. The fourth-order valence-electron chi connectivity index (χ4n) is 3.55. The second-order valence-corrected chi connectivity index (χ2v) is 9.01. The van der Waals surface area contributed by atoms with Gasteiger partial charge in [0.05, 0.1) is 17.8 Å². The lowest BCUT2D eigenvalue weighted by Crippen LogP contribution is -2.34. The van der Waals surface area contributed by atoms with E-state index in [9.17, 15) is 13.2 Å². The molecule has 2 aromatic carbocycles. The quantitative estimate of drug-likeness (QED) is 0.643. The van der Waals surface area contributed by atoms with Crippen molar-refractivity contribution in [2.24, 2.45) is 0 Å². The topological polar surface area (TPSA) is 101 Å². The Morgan fingerprint density at radius 3 is 2.89 bits per heavy atom. The summed E-state index contributed by atoms with van der Waals surface area (Å²) in [6.07, 6.45) is 3.02. The predicted molar refractivity (Wildman–Crippen MR) is 107 cm³/mol. The van der Waals surface area contributed by atoms with Crippen molar-refractivity contribution in [3.8, 4) is 0 Å². The van der Waals surface area contributed by atoms with Gasteiger partial charge in [-0.25, -0.2) is 13.1 Å². The highest BCUT2D eigenvalue weighted by molar-refractivity contribution is 7.89. The van der Waals surface area contributed by atoms with Gasteiger partial charge in [0.1, 0.15) is 15.9 Å². The number of hydrogen-bond donors (Lipinski definition) is 2. The molecule has 0 fully saturated rings. The molecule has 7 nitrogen and oxygen atoms in total. The second kappa shape index (κ2) is 7.94. The van der Waals surface area contributed by atoms with Crippen molar-refractivity contribution >= 4 is 38.7 Å². The summed E-state index contributed by atoms with van der Waals surface area (Å²) < 4.78 is 35.8. The van der Waals surface area contributed by atoms with Crippen LogP contribution in [0.25, 0.3) is 11.0 Å². The number of rotatable bonds is 6. The zero-order chi connectivity index (χ0) is 19.6. The van der Waals surface area contributed by atoms with Gasteiger partial charge < -0.3 is 5.32 Å². The van der Waals surface area contributed by atoms with E-state index in [1.54, 1.807) is 12.1 Å². The highest BCUT2D eigenvalue weighted by atomic mass is 32.2. The molecule has 1 aliphatic carbocycles.